The lowest BCUT2D eigenvalue weighted by molar-refractivity contribution is 0.582. The predicted molar refractivity (Wildman–Crippen MR) is 106 cm³/mol. The van der Waals surface area contributed by atoms with Crippen LogP contribution in [0.2, 0.25) is 0 Å². The standard InChI is InChI=1S/C23H22N2/c1-16(2)3-8-22-9-6-20-14-18(7-10-23(20)25-22)17-4-5-21-15-24-12-11-19(21)13-17/h4-7,9-16H,3,8H2,1-2H3. The summed E-state index contributed by atoms with van der Waals surface area (Å²) in [5.41, 5.74) is 4.72. The van der Waals surface area contributed by atoms with E-state index in [1.807, 2.05) is 12.4 Å². The average Bonchev–Trinajstić information content (AvgIpc) is 2.65. The van der Waals surface area contributed by atoms with Gasteiger partial charge in [0.2, 0.25) is 0 Å². The van der Waals surface area contributed by atoms with Crippen molar-refractivity contribution < 1.29 is 0 Å². The van der Waals surface area contributed by atoms with Crippen molar-refractivity contribution in [3.63, 3.8) is 0 Å². The second kappa shape index (κ2) is 6.64. The molecule has 0 aliphatic rings. The Balaban J connectivity index is 1.69. The molecule has 2 nitrogen and oxygen atoms in total. The molecule has 0 radical (unpaired) electrons. The second-order valence-electron chi connectivity index (χ2n) is 7.08. The molecule has 4 rings (SSSR count). The van der Waals surface area contributed by atoms with Gasteiger partial charge in [-0.05, 0) is 65.6 Å². The van der Waals surface area contributed by atoms with E-state index in [9.17, 15) is 0 Å². The lowest BCUT2D eigenvalue weighted by Crippen LogP contribution is -1.95. The van der Waals surface area contributed by atoms with Crippen LogP contribution < -0.4 is 0 Å². The van der Waals surface area contributed by atoms with E-state index in [0.29, 0.717) is 5.92 Å². The zero-order valence-corrected chi connectivity index (χ0v) is 14.7. The third-order valence-corrected chi connectivity index (χ3v) is 4.70. The SMILES string of the molecule is CC(C)CCc1ccc2cc(-c3ccc4cnccc4c3)ccc2n1. The van der Waals surface area contributed by atoms with Gasteiger partial charge in [0.05, 0.1) is 5.52 Å². The molecule has 2 aromatic carbocycles. The minimum atomic E-state index is 0.711. The van der Waals surface area contributed by atoms with Crippen molar-refractivity contribution in [2.45, 2.75) is 26.7 Å². The van der Waals surface area contributed by atoms with Crippen LogP contribution in [0.15, 0.2) is 67.0 Å². The summed E-state index contributed by atoms with van der Waals surface area (Å²) in [6, 6.07) is 19.5. The molecule has 0 bridgehead atoms. The molecule has 0 fully saturated rings. The summed E-state index contributed by atoms with van der Waals surface area (Å²) < 4.78 is 0. The largest absolute Gasteiger partial charge is 0.264 e. The van der Waals surface area contributed by atoms with E-state index in [1.54, 1.807) is 0 Å². The molecule has 0 amide bonds. The van der Waals surface area contributed by atoms with Gasteiger partial charge in [-0.1, -0.05) is 38.1 Å². The lowest BCUT2D eigenvalue weighted by Gasteiger charge is -2.08. The van der Waals surface area contributed by atoms with E-state index >= 15 is 0 Å². The van der Waals surface area contributed by atoms with Crippen LogP contribution in [0.5, 0.6) is 0 Å². The number of hydrogen-bond donors (Lipinski definition) is 0. The summed E-state index contributed by atoms with van der Waals surface area (Å²) in [5.74, 6) is 0.711. The van der Waals surface area contributed by atoms with Crippen molar-refractivity contribution in [1.29, 1.82) is 0 Å². The Labute approximate surface area is 148 Å². The highest BCUT2D eigenvalue weighted by Gasteiger charge is 2.04. The van der Waals surface area contributed by atoms with E-state index in [2.05, 4.69) is 73.4 Å². The highest BCUT2D eigenvalue weighted by Crippen LogP contribution is 2.27. The number of aromatic nitrogens is 2. The average molecular weight is 326 g/mol. The molecule has 0 N–H and O–H groups in total. The monoisotopic (exact) mass is 326 g/mol. The van der Waals surface area contributed by atoms with E-state index in [1.165, 1.54) is 39.4 Å². The van der Waals surface area contributed by atoms with Gasteiger partial charge in [0.15, 0.2) is 0 Å². The first-order chi connectivity index (χ1) is 12.2. The summed E-state index contributed by atoms with van der Waals surface area (Å²) in [6.07, 6.45) is 5.98. The Bertz CT molecular complexity index is 1030. The number of rotatable bonds is 4. The molecule has 25 heavy (non-hydrogen) atoms. The smallest absolute Gasteiger partial charge is 0.0705 e. The first-order valence-electron chi connectivity index (χ1n) is 8.93. The molecular weight excluding hydrogens is 304 g/mol. The quantitative estimate of drug-likeness (QED) is 0.457. The number of fused-ring (bicyclic) bond motifs is 2. The fraction of sp³-hybridized carbons (Fsp3) is 0.217. The van der Waals surface area contributed by atoms with Crippen LogP contribution in [-0.2, 0) is 6.42 Å². The van der Waals surface area contributed by atoms with Crippen LogP contribution in [0.4, 0.5) is 0 Å². The molecule has 2 heterocycles. The second-order valence-corrected chi connectivity index (χ2v) is 7.08. The molecule has 0 aliphatic carbocycles. The molecule has 0 atom stereocenters. The van der Waals surface area contributed by atoms with Crippen molar-refractivity contribution in [3.05, 3.63) is 72.7 Å². The maximum absolute atomic E-state index is 4.82. The first-order valence-corrected chi connectivity index (χ1v) is 8.93. The summed E-state index contributed by atoms with van der Waals surface area (Å²) in [6.45, 7) is 4.51. The highest BCUT2D eigenvalue weighted by molar-refractivity contribution is 5.89. The van der Waals surface area contributed by atoms with Gasteiger partial charge in [-0.25, -0.2) is 0 Å². The molecule has 0 unspecified atom stereocenters. The van der Waals surface area contributed by atoms with Gasteiger partial charge in [0, 0.05) is 28.9 Å². The molecule has 124 valence electrons. The predicted octanol–water partition coefficient (Wildman–Crippen LogP) is 6.04. The van der Waals surface area contributed by atoms with Crippen LogP contribution in [0.1, 0.15) is 26.0 Å². The van der Waals surface area contributed by atoms with Gasteiger partial charge in [0.25, 0.3) is 0 Å². The van der Waals surface area contributed by atoms with Crippen LogP contribution in [0.3, 0.4) is 0 Å². The molecule has 4 aromatic rings. The minimum Gasteiger partial charge on any atom is -0.264 e. The Morgan fingerprint density at radius 2 is 1.56 bits per heavy atom. The molecule has 0 spiro atoms. The molecule has 2 aromatic heterocycles. The number of hydrogen-bond acceptors (Lipinski definition) is 2. The fourth-order valence-corrected chi connectivity index (χ4v) is 3.19. The third kappa shape index (κ3) is 3.39. The summed E-state index contributed by atoms with van der Waals surface area (Å²) in [5, 5.41) is 3.58. The molecule has 0 aliphatic heterocycles. The summed E-state index contributed by atoms with van der Waals surface area (Å²) in [7, 11) is 0. The van der Waals surface area contributed by atoms with Crippen LogP contribution in [0.25, 0.3) is 32.8 Å². The zero-order valence-electron chi connectivity index (χ0n) is 14.7. The number of aryl methyl sites for hydroxylation is 1. The Morgan fingerprint density at radius 1 is 0.800 bits per heavy atom. The van der Waals surface area contributed by atoms with Gasteiger partial charge in [-0.3, -0.25) is 9.97 Å². The van der Waals surface area contributed by atoms with Gasteiger partial charge in [0.1, 0.15) is 0 Å². The summed E-state index contributed by atoms with van der Waals surface area (Å²) >= 11 is 0. The van der Waals surface area contributed by atoms with Crippen molar-refractivity contribution >= 4 is 21.7 Å². The van der Waals surface area contributed by atoms with Gasteiger partial charge >= 0.3 is 0 Å². The summed E-state index contributed by atoms with van der Waals surface area (Å²) in [4.78, 5) is 9.01. The maximum atomic E-state index is 4.82. The lowest BCUT2D eigenvalue weighted by atomic mass is 10.00. The Morgan fingerprint density at radius 3 is 2.40 bits per heavy atom. The molecule has 0 saturated heterocycles. The van der Waals surface area contributed by atoms with Gasteiger partial charge in [-0.15, -0.1) is 0 Å². The van der Waals surface area contributed by atoms with Crippen molar-refractivity contribution in [3.8, 4) is 11.1 Å². The van der Waals surface area contributed by atoms with Crippen LogP contribution in [-0.4, -0.2) is 9.97 Å². The van der Waals surface area contributed by atoms with E-state index < -0.39 is 0 Å². The van der Waals surface area contributed by atoms with Gasteiger partial charge < -0.3 is 0 Å². The topological polar surface area (TPSA) is 25.8 Å². The molecule has 0 saturated carbocycles. The fourth-order valence-electron chi connectivity index (χ4n) is 3.19. The normalized spacial score (nSPS) is 11.5. The maximum Gasteiger partial charge on any atom is 0.0705 e. The van der Waals surface area contributed by atoms with Crippen LogP contribution >= 0.6 is 0 Å². The van der Waals surface area contributed by atoms with Crippen molar-refractivity contribution in [2.75, 3.05) is 0 Å². The molecule has 2 heteroatoms. The van der Waals surface area contributed by atoms with E-state index in [4.69, 9.17) is 4.98 Å². The van der Waals surface area contributed by atoms with E-state index in [-0.39, 0.29) is 0 Å². The van der Waals surface area contributed by atoms with Crippen LogP contribution in [0, 0.1) is 5.92 Å². The molecular formula is C23H22N2. The number of benzene rings is 2. The van der Waals surface area contributed by atoms with Crippen molar-refractivity contribution in [2.24, 2.45) is 5.92 Å². The minimum absolute atomic E-state index is 0.711. The number of pyridine rings is 2. The van der Waals surface area contributed by atoms with Crippen molar-refractivity contribution in [1.82, 2.24) is 9.97 Å². The van der Waals surface area contributed by atoms with E-state index in [0.717, 1.165) is 11.9 Å². The van der Waals surface area contributed by atoms with Gasteiger partial charge in [-0.2, -0.15) is 0 Å². The number of nitrogens with zero attached hydrogens (tertiary/aromatic N) is 2. The first kappa shape index (κ1) is 15.8. The Kier molecular flexibility index (Phi) is 4.19. The third-order valence-electron chi connectivity index (χ3n) is 4.70. The Hall–Kier alpha value is -2.74. The highest BCUT2D eigenvalue weighted by atomic mass is 14.7. The zero-order chi connectivity index (χ0) is 17.2.